The third kappa shape index (κ3) is 2.81. The van der Waals surface area contributed by atoms with Crippen LogP contribution >= 0.6 is 0 Å². The van der Waals surface area contributed by atoms with Crippen LogP contribution in [0, 0.1) is 0 Å². The molecule has 1 aromatic carbocycles. The van der Waals surface area contributed by atoms with Crippen molar-refractivity contribution in [3.05, 3.63) is 30.5 Å². The number of methoxy groups -OCH3 is 1. The molecule has 1 aromatic heterocycles. The summed E-state index contributed by atoms with van der Waals surface area (Å²) in [5, 5.41) is 5.85. The Bertz CT molecular complexity index is 608. The second-order valence-corrected chi connectivity index (χ2v) is 5.56. The number of rotatable bonds is 5. The summed E-state index contributed by atoms with van der Waals surface area (Å²) in [5.41, 5.74) is 0. The first-order chi connectivity index (χ1) is 10.3. The Balaban J connectivity index is 2.07. The number of fused-ring (bicyclic) bond motifs is 1. The number of ether oxygens (including phenoxy) is 1. The van der Waals surface area contributed by atoms with Gasteiger partial charge in [0.15, 0.2) is 0 Å². The summed E-state index contributed by atoms with van der Waals surface area (Å²) in [6.45, 7) is 5.40. The van der Waals surface area contributed by atoms with Gasteiger partial charge in [-0.2, -0.15) is 0 Å². The maximum absolute atomic E-state index is 5.38. The molecule has 0 radical (unpaired) electrons. The number of hydrogen-bond donors (Lipinski definition) is 1. The van der Waals surface area contributed by atoms with Crippen LogP contribution in [-0.4, -0.2) is 37.8 Å². The molecule has 2 aromatic rings. The summed E-state index contributed by atoms with van der Waals surface area (Å²) in [6.07, 6.45) is 4.22. The quantitative estimate of drug-likeness (QED) is 0.916. The molecule has 1 atom stereocenters. The standard InChI is InChI=1S/C17H23N3O/c1-3-10-20(14-7-8-18-12-14)17-16-11-15(21-2)5-4-13(16)6-9-19-17/h4-6,9,11,14,18H,3,7-8,10,12H2,1-2H3. The molecule has 4 nitrogen and oxygen atoms in total. The lowest BCUT2D eigenvalue weighted by atomic mass is 10.1. The van der Waals surface area contributed by atoms with Gasteiger partial charge in [-0.15, -0.1) is 0 Å². The molecule has 1 aliphatic rings. The van der Waals surface area contributed by atoms with Crippen LogP contribution in [0.5, 0.6) is 5.75 Å². The van der Waals surface area contributed by atoms with E-state index in [9.17, 15) is 0 Å². The zero-order valence-corrected chi connectivity index (χ0v) is 12.8. The lowest BCUT2D eigenvalue weighted by Gasteiger charge is -2.30. The molecule has 0 aliphatic carbocycles. The van der Waals surface area contributed by atoms with E-state index in [1.807, 2.05) is 12.3 Å². The first kappa shape index (κ1) is 14.1. The van der Waals surface area contributed by atoms with Gasteiger partial charge in [-0.3, -0.25) is 0 Å². The third-order valence-electron chi connectivity index (χ3n) is 4.16. The fraction of sp³-hybridized carbons (Fsp3) is 0.471. The SMILES string of the molecule is CCCN(c1nccc2ccc(OC)cc12)C1CCNC1. The first-order valence-electron chi connectivity index (χ1n) is 7.73. The van der Waals surface area contributed by atoms with Gasteiger partial charge in [-0.05, 0) is 43.0 Å². The molecule has 0 spiro atoms. The summed E-state index contributed by atoms with van der Waals surface area (Å²) in [6, 6.07) is 8.82. The molecule has 4 heteroatoms. The van der Waals surface area contributed by atoms with E-state index in [0.29, 0.717) is 6.04 Å². The van der Waals surface area contributed by atoms with Crippen LogP contribution in [0.3, 0.4) is 0 Å². The van der Waals surface area contributed by atoms with Gasteiger partial charge in [0, 0.05) is 30.7 Å². The highest BCUT2D eigenvalue weighted by atomic mass is 16.5. The van der Waals surface area contributed by atoms with E-state index in [0.717, 1.165) is 37.6 Å². The first-order valence-corrected chi connectivity index (χ1v) is 7.73. The zero-order valence-electron chi connectivity index (χ0n) is 12.8. The van der Waals surface area contributed by atoms with Gasteiger partial charge in [0.25, 0.3) is 0 Å². The highest BCUT2D eigenvalue weighted by Gasteiger charge is 2.24. The normalized spacial score (nSPS) is 18.1. The maximum atomic E-state index is 5.38. The van der Waals surface area contributed by atoms with Crippen LogP contribution in [0.4, 0.5) is 5.82 Å². The van der Waals surface area contributed by atoms with E-state index in [1.54, 1.807) is 7.11 Å². The molecule has 0 saturated carbocycles. The second kappa shape index (κ2) is 6.31. The van der Waals surface area contributed by atoms with Crippen LogP contribution in [0.2, 0.25) is 0 Å². The van der Waals surface area contributed by atoms with Crippen LogP contribution in [0.1, 0.15) is 19.8 Å². The molecule has 1 saturated heterocycles. The van der Waals surface area contributed by atoms with Gasteiger partial charge in [-0.1, -0.05) is 13.0 Å². The van der Waals surface area contributed by atoms with E-state index < -0.39 is 0 Å². The lowest BCUT2D eigenvalue weighted by Crippen LogP contribution is -2.38. The van der Waals surface area contributed by atoms with Crippen LogP contribution in [-0.2, 0) is 0 Å². The minimum Gasteiger partial charge on any atom is -0.497 e. The second-order valence-electron chi connectivity index (χ2n) is 5.56. The van der Waals surface area contributed by atoms with E-state index in [2.05, 4.69) is 40.3 Å². The third-order valence-corrected chi connectivity index (χ3v) is 4.16. The molecule has 0 amide bonds. The monoisotopic (exact) mass is 285 g/mol. The molecule has 3 rings (SSSR count). The van der Waals surface area contributed by atoms with Gasteiger partial charge in [0.2, 0.25) is 0 Å². The predicted molar refractivity (Wildman–Crippen MR) is 87.2 cm³/mol. The van der Waals surface area contributed by atoms with Crippen molar-refractivity contribution in [3.63, 3.8) is 0 Å². The van der Waals surface area contributed by atoms with Crippen LogP contribution < -0.4 is 15.0 Å². The average Bonchev–Trinajstić information content (AvgIpc) is 3.06. The Hall–Kier alpha value is -1.81. The minimum atomic E-state index is 0.536. The fourth-order valence-corrected chi connectivity index (χ4v) is 3.10. The largest absolute Gasteiger partial charge is 0.497 e. The van der Waals surface area contributed by atoms with Crippen molar-refractivity contribution < 1.29 is 4.74 Å². The topological polar surface area (TPSA) is 37.4 Å². The Morgan fingerprint density at radius 1 is 1.38 bits per heavy atom. The number of aromatic nitrogens is 1. The van der Waals surface area contributed by atoms with E-state index in [-0.39, 0.29) is 0 Å². The van der Waals surface area contributed by atoms with E-state index >= 15 is 0 Å². The van der Waals surface area contributed by atoms with Gasteiger partial charge in [-0.25, -0.2) is 4.98 Å². The molecule has 1 N–H and O–H groups in total. The van der Waals surface area contributed by atoms with Gasteiger partial charge < -0.3 is 15.0 Å². The van der Waals surface area contributed by atoms with Crippen LogP contribution in [0.25, 0.3) is 10.8 Å². The molecule has 1 aliphatic heterocycles. The van der Waals surface area contributed by atoms with Gasteiger partial charge in [0.05, 0.1) is 7.11 Å². The summed E-state index contributed by atoms with van der Waals surface area (Å²) in [5.74, 6) is 1.97. The summed E-state index contributed by atoms with van der Waals surface area (Å²) in [4.78, 5) is 7.15. The fourth-order valence-electron chi connectivity index (χ4n) is 3.10. The lowest BCUT2D eigenvalue weighted by molar-refractivity contribution is 0.415. The van der Waals surface area contributed by atoms with Crippen molar-refractivity contribution in [1.82, 2.24) is 10.3 Å². The molecule has 2 heterocycles. The summed E-state index contributed by atoms with van der Waals surface area (Å²) in [7, 11) is 1.71. The Morgan fingerprint density at radius 3 is 3.00 bits per heavy atom. The number of anilines is 1. The van der Waals surface area contributed by atoms with Crippen molar-refractivity contribution >= 4 is 16.6 Å². The zero-order chi connectivity index (χ0) is 14.7. The Kier molecular flexibility index (Phi) is 4.25. The highest BCUT2D eigenvalue weighted by molar-refractivity contribution is 5.93. The molecule has 1 fully saturated rings. The van der Waals surface area contributed by atoms with Crippen LogP contribution in [0.15, 0.2) is 30.5 Å². The maximum Gasteiger partial charge on any atom is 0.136 e. The van der Waals surface area contributed by atoms with Crippen molar-refractivity contribution in [3.8, 4) is 5.75 Å². The van der Waals surface area contributed by atoms with E-state index in [4.69, 9.17) is 4.74 Å². The minimum absolute atomic E-state index is 0.536. The van der Waals surface area contributed by atoms with Crippen molar-refractivity contribution in [2.45, 2.75) is 25.8 Å². The van der Waals surface area contributed by atoms with Crippen molar-refractivity contribution in [2.75, 3.05) is 31.6 Å². The van der Waals surface area contributed by atoms with E-state index in [1.165, 1.54) is 17.2 Å². The summed E-state index contributed by atoms with van der Waals surface area (Å²) < 4.78 is 5.38. The van der Waals surface area contributed by atoms with Gasteiger partial charge in [0.1, 0.15) is 11.6 Å². The van der Waals surface area contributed by atoms with Crippen molar-refractivity contribution in [2.24, 2.45) is 0 Å². The predicted octanol–water partition coefficient (Wildman–Crippen LogP) is 2.82. The molecular formula is C17H23N3O. The Labute approximate surface area is 126 Å². The molecule has 1 unspecified atom stereocenters. The summed E-state index contributed by atoms with van der Waals surface area (Å²) >= 11 is 0. The molecule has 0 bridgehead atoms. The number of nitrogens with one attached hydrogen (secondary N) is 1. The van der Waals surface area contributed by atoms with Crippen molar-refractivity contribution in [1.29, 1.82) is 0 Å². The number of nitrogens with zero attached hydrogens (tertiary/aromatic N) is 2. The van der Waals surface area contributed by atoms with Gasteiger partial charge >= 0.3 is 0 Å². The molecule has 112 valence electrons. The molecule has 21 heavy (non-hydrogen) atoms. The Morgan fingerprint density at radius 2 is 2.29 bits per heavy atom. The highest BCUT2D eigenvalue weighted by Crippen LogP contribution is 2.30. The number of benzene rings is 1. The number of hydrogen-bond acceptors (Lipinski definition) is 4. The number of pyridine rings is 1. The molecular weight excluding hydrogens is 262 g/mol. The smallest absolute Gasteiger partial charge is 0.136 e. The average molecular weight is 285 g/mol.